The van der Waals surface area contributed by atoms with Crippen LogP contribution in [0.5, 0.6) is 0 Å². The van der Waals surface area contributed by atoms with Gasteiger partial charge >= 0.3 is 6.09 Å². The summed E-state index contributed by atoms with van der Waals surface area (Å²) in [5, 5.41) is 0. The Morgan fingerprint density at radius 3 is 2.29 bits per heavy atom. The number of benzene rings is 2. The van der Waals surface area contributed by atoms with Gasteiger partial charge in [0, 0.05) is 38.8 Å². The first-order valence-corrected chi connectivity index (χ1v) is 14.3. The standard InChI is InChI=1S/C28H32FN3O5S/c1-20(21-5-7-22(8-6-21)23-9-14-26(33)31(2)19-23)32-18-16-28(37-27(32)34,15-4-17-30-38(3,35)36)24-10-12-25(29)13-11-24/h5-14,19-20,30H,4,15-18H2,1-3H3/t20-,28-/m0/s1. The van der Waals surface area contributed by atoms with Gasteiger partial charge in [0.1, 0.15) is 11.4 Å². The zero-order chi connectivity index (χ0) is 27.5. The van der Waals surface area contributed by atoms with E-state index in [0.29, 0.717) is 31.4 Å². The number of cyclic esters (lactones) is 1. The van der Waals surface area contributed by atoms with Crippen molar-refractivity contribution in [1.82, 2.24) is 14.2 Å². The number of hydrogen-bond acceptors (Lipinski definition) is 5. The number of aromatic nitrogens is 1. The Labute approximate surface area is 222 Å². The summed E-state index contributed by atoms with van der Waals surface area (Å²) in [6.45, 7) is 2.56. The lowest BCUT2D eigenvalue weighted by Gasteiger charge is -2.43. The van der Waals surface area contributed by atoms with Crippen molar-refractivity contribution in [3.8, 4) is 11.1 Å². The van der Waals surface area contributed by atoms with E-state index in [1.54, 1.807) is 36.3 Å². The van der Waals surface area contributed by atoms with Crippen LogP contribution < -0.4 is 10.3 Å². The van der Waals surface area contributed by atoms with E-state index in [2.05, 4.69) is 4.72 Å². The molecule has 0 aliphatic carbocycles. The van der Waals surface area contributed by atoms with Crippen molar-refractivity contribution >= 4 is 16.1 Å². The molecule has 2 atom stereocenters. The molecular formula is C28H32FN3O5S. The Morgan fingerprint density at radius 1 is 1.03 bits per heavy atom. The summed E-state index contributed by atoms with van der Waals surface area (Å²) in [6.07, 6.45) is 3.71. The quantitative estimate of drug-likeness (QED) is 0.407. The zero-order valence-corrected chi connectivity index (χ0v) is 22.5. The third-order valence-electron chi connectivity index (χ3n) is 7.05. The van der Waals surface area contributed by atoms with Crippen LogP contribution in [0.25, 0.3) is 11.1 Å². The number of sulfonamides is 1. The second-order valence-corrected chi connectivity index (χ2v) is 11.6. The number of carbonyl (C=O) groups is 1. The molecule has 202 valence electrons. The lowest BCUT2D eigenvalue weighted by atomic mass is 9.84. The normalized spacial score (nSPS) is 18.7. The van der Waals surface area contributed by atoms with Crippen molar-refractivity contribution in [2.24, 2.45) is 7.05 Å². The molecule has 4 rings (SSSR count). The molecule has 1 saturated heterocycles. The Hall–Kier alpha value is -3.50. The number of pyridine rings is 1. The Bertz CT molecular complexity index is 1460. The molecule has 0 saturated carbocycles. The maximum atomic E-state index is 13.6. The maximum Gasteiger partial charge on any atom is 0.411 e. The molecule has 1 aliphatic heterocycles. The van der Waals surface area contributed by atoms with Crippen molar-refractivity contribution in [1.29, 1.82) is 0 Å². The van der Waals surface area contributed by atoms with E-state index in [1.165, 1.54) is 22.8 Å². The van der Waals surface area contributed by atoms with Gasteiger partial charge in [0.25, 0.3) is 0 Å². The summed E-state index contributed by atoms with van der Waals surface area (Å²) in [7, 11) is -1.63. The van der Waals surface area contributed by atoms with Gasteiger partial charge in [-0.05, 0) is 60.2 Å². The number of aryl methyl sites for hydroxylation is 1. The van der Waals surface area contributed by atoms with Crippen LogP contribution in [0.1, 0.15) is 43.4 Å². The minimum absolute atomic E-state index is 0.0778. The molecule has 0 bridgehead atoms. The second kappa shape index (κ2) is 11.1. The van der Waals surface area contributed by atoms with Crippen molar-refractivity contribution in [3.05, 3.63) is 94.2 Å². The SMILES string of the molecule is C[C@@H](c1ccc(-c2ccc(=O)n(C)c2)cc1)N1CC[C@@](CCCNS(C)(=O)=O)(c2ccc(F)cc2)OC1=O. The topological polar surface area (TPSA) is 97.7 Å². The Balaban J connectivity index is 1.50. The van der Waals surface area contributed by atoms with E-state index in [-0.39, 0.29) is 24.0 Å². The number of amides is 1. The Kier molecular flexibility index (Phi) is 8.03. The molecule has 1 aromatic heterocycles. The minimum atomic E-state index is -3.33. The van der Waals surface area contributed by atoms with Crippen LogP contribution in [0.2, 0.25) is 0 Å². The van der Waals surface area contributed by atoms with Gasteiger partial charge in [0.05, 0.1) is 12.3 Å². The smallest absolute Gasteiger partial charge is 0.411 e. The van der Waals surface area contributed by atoms with Crippen LogP contribution in [0.3, 0.4) is 0 Å². The molecule has 2 heterocycles. The lowest BCUT2D eigenvalue weighted by molar-refractivity contribution is -0.0662. The van der Waals surface area contributed by atoms with Gasteiger partial charge in [-0.25, -0.2) is 22.3 Å². The number of ether oxygens (including phenoxy) is 1. The van der Waals surface area contributed by atoms with Crippen molar-refractivity contribution in [3.63, 3.8) is 0 Å². The summed E-state index contributed by atoms with van der Waals surface area (Å²) >= 11 is 0. The first-order chi connectivity index (χ1) is 18.0. The molecule has 1 amide bonds. The van der Waals surface area contributed by atoms with E-state index in [4.69, 9.17) is 4.74 Å². The highest BCUT2D eigenvalue weighted by molar-refractivity contribution is 7.88. The molecule has 8 nitrogen and oxygen atoms in total. The van der Waals surface area contributed by atoms with Gasteiger partial charge in [-0.3, -0.25) is 4.79 Å². The largest absolute Gasteiger partial charge is 0.438 e. The monoisotopic (exact) mass is 541 g/mol. The van der Waals surface area contributed by atoms with Crippen LogP contribution in [0, 0.1) is 5.82 Å². The van der Waals surface area contributed by atoms with E-state index in [9.17, 15) is 22.4 Å². The van der Waals surface area contributed by atoms with Gasteiger partial charge in [0.15, 0.2) is 0 Å². The lowest BCUT2D eigenvalue weighted by Crippen LogP contribution is -2.49. The third kappa shape index (κ3) is 6.31. The molecule has 10 heteroatoms. The van der Waals surface area contributed by atoms with Gasteiger partial charge < -0.3 is 14.2 Å². The summed E-state index contributed by atoms with van der Waals surface area (Å²) in [6, 6.07) is 16.8. The van der Waals surface area contributed by atoms with Crippen LogP contribution in [-0.2, 0) is 27.4 Å². The first kappa shape index (κ1) is 27.5. The first-order valence-electron chi connectivity index (χ1n) is 12.4. The molecule has 0 unspecified atom stereocenters. The number of halogens is 1. The highest BCUT2D eigenvalue weighted by Crippen LogP contribution is 2.40. The van der Waals surface area contributed by atoms with E-state index < -0.39 is 21.7 Å². The molecule has 0 spiro atoms. The molecule has 2 aromatic carbocycles. The highest BCUT2D eigenvalue weighted by atomic mass is 32.2. The number of nitrogens with zero attached hydrogens (tertiary/aromatic N) is 2. The van der Waals surface area contributed by atoms with Gasteiger partial charge in [-0.15, -0.1) is 0 Å². The fourth-order valence-electron chi connectivity index (χ4n) is 4.83. The highest BCUT2D eigenvalue weighted by Gasteiger charge is 2.43. The summed E-state index contributed by atoms with van der Waals surface area (Å²) in [5.41, 5.74) is 2.43. The molecule has 1 aliphatic rings. The average molecular weight is 542 g/mol. The fraction of sp³-hybridized carbons (Fsp3) is 0.357. The molecule has 3 aromatic rings. The number of rotatable bonds is 9. The van der Waals surface area contributed by atoms with E-state index in [1.807, 2.05) is 31.2 Å². The summed E-state index contributed by atoms with van der Waals surface area (Å²) < 4.78 is 46.6. The minimum Gasteiger partial charge on any atom is -0.438 e. The number of carbonyl (C=O) groups excluding carboxylic acids is 1. The number of hydrogen-bond donors (Lipinski definition) is 1. The van der Waals surface area contributed by atoms with Crippen LogP contribution in [0.15, 0.2) is 71.7 Å². The Morgan fingerprint density at radius 2 is 1.68 bits per heavy atom. The van der Waals surface area contributed by atoms with Gasteiger partial charge in [0.2, 0.25) is 15.6 Å². The second-order valence-electron chi connectivity index (χ2n) is 9.75. The molecule has 0 radical (unpaired) electrons. The van der Waals surface area contributed by atoms with Crippen LogP contribution in [-0.4, -0.2) is 43.3 Å². The molecular weight excluding hydrogens is 509 g/mol. The van der Waals surface area contributed by atoms with Crippen molar-refractivity contribution in [2.45, 2.75) is 37.8 Å². The average Bonchev–Trinajstić information content (AvgIpc) is 2.88. The van der Waals surface area contributed by atoms with E-state index >= 15 is 0 Å². The van der Waals surface area contributed by atoms with Gasteiger partial charge in [-0.2, -0.15) is 0 Å². The predicted molar refractivity (Wildman–Crippen MR) is 143 cm³/mol. The van der Waals surface area contributed by atoms with Crippen molar-refractivity contribution in [2.75, 3.05) is 19.3 Å². The zero-order valence-electron chi connectivity index (χ0n) is 21.7. The molecule has 38 heavy (non-hydrogen) atoms. The predicted octanol–water partition coefficient (Wildman–Crippen LogP) is 4.32. The third-order valence-corrected chi connectivity index (χ3v) is 7.77. The number of nitrogens with one attached hydrogen (secondary N) is 1. The molecule has 1 fully saturated rings. The molecule has 1 N–H and O–H groups in total. The van der Waals surface area contributed by atoms with E-state index in [0.717, 1.165) is 22.9 Å². The van der Waals surface area contributed by atoms with Crippen LogP contribution >= 0.6 is 0 Å². The maximum absolute atomic E-state index is 13.6. The van der Waals surface area contributed by atoms with Crippen molar-refractivity contribution < 1.29 is 22.3 Å². The summed E-state index contributed by atoms with van der Waals surface area (Å²) in [5.74, 6) is -0.388. The van der Waals surface area contributed by atoms with Gasteiger partial charge in [-0.1, -0.05) is 36.4 Å². The van der Waals surface area contributed by atoms with Crippen LogP contribution in [0.4, 0.5) is 9.18 Å². The fourth-order valence-corrected chi connectivity index (χ4v) is 5.34. The summed E-state index contributed by atoms with van der Waals surface area (Å²) in [4.78, 5) is 26.7.